The summed E-state index contributed by atoms with van der Waals surface area (Å²) in [5, 5.41) is 9.46. The second-order valence-corrected chi connectivity index (χ2v) is 6.33. The van der Waals surface area contributed by atoms with E-state index in [4.69, 9.17) is 13.9 Å². The third-order valence-corrected chi connectivity index (χ3v) is 4.39. The molecular weight excluding hydrogens is 368 g/mol. The standard InChI is InChI=1S/C23H20N2O4/c1-27-20-12-9-18(13-24-20)22-23(29-21(14-26)25-22)17-7-10-19(11-8-17)28-15-16-5-3-2-4-6-16/h2-13,26H,14-15H2,1H3. The molecule has 0 aliphatic carbocycles. The highest BCUT2D eigenvalue weighted by Gasteiger charge is 2.17. The van der Waals surface area contributed by atoms with E-state index in [1.54, 1.807) is 19.4 Å². The van der Waals surface area contributed by atoms with Gasteiger partial charge in [-0.1, -0.05) is 30.3 Å². The van der Waals surface area contributed by atoms with E-state index in [1.165, 1.54) is 0 Å². The summed E-state index contributed by atoms with van der Waals surface area (Å²) in [6.45, 7) is 0.217. The topological polar surface area (TPSA) is 77.6 Å². The first-order valence-corrected chi connectivity index (χ1v) is 9.15. The number of aromatic nitrogens is 2. The molecule has 2 aromatic carbocycles. The Balaban J connectivity index is 1.58. The lowest BCUT2D eigenvalue weighted by Crippen LogP contribution is -1.94. The van der Waals surface area contributed by atoms with Gasteiger partial charge in [0.2, 0.25) is 11.8 Å². The van der Waals surface area contributed by atoms with Crippen LogP contribution in [0.1, 0.15) is 11.5 Å². The van der Waals surface area contributed by atoms with E-state index in [0.717, 1.165) is 22.4 Å². The van der Waals surface area contributed by atoms with E-state index in [-0.39, 0.29) is 12.5 Å². The summed E-state index contributed by atoms with van der Waals surface area (Å²) in [5.74, 6) is 2.08. The van der Waals surface area contributed by atoms with Crippen LogP contribution in [0.3, 0.4) is 0 Å². The van der Waals surface area contributed by atoms with Crippen LogP contribution >= 0.6 is 0 Å². The Morgan fingerprint density at radius 2 is 1.69 bits per heavy atom. The average molecular weight is 388 g/mol. The van der Waals surface area contributed by atoms with Crippen molar-refractivity contribution in [2.45, 2.75) is 13.2 Å². The van der Waals surface area contributed by atoms with Gasteiger partial charge in [0, 0.05) is 23.4 Å². The fourth-order valence-corrected chi connectivity index (χ4v) is 2.91. The number of benzene rings is 2. The highest BCUT2D eigenvalue weighted by Crippen LogP contribution is 2.33. The summed E-state index contributed by atoms with van der Waals surface area (Å²) in [4.78, 5) is 8.62. The number of hydrogen-bond acceptors (Lipinski definition) is 6. The van der Waals surface area contributed by atoms with Gasteiger partial charge in [0.05, 0.1) is 7.11 Å². The number of methoxy groups -OCH3 is 1. The third-order valence-electron chi connectivity index (χ3n) is 4.39. The summed E-state index contributed by atoms with van der Waals surface area (Å²) in [6.07, 6.45) is 1.67. The largest absolute Gasteiger partial charge is 0.489 e. The predicted molar refractivity (Wildman–Crippen MR) is 108 cm³/mol. The summed E-state index contributed by atoms with van der Waals surface area (Å²) in [5.41, 5.74) is 3.32. The zero-order chi connectivity index (χ0) is 20.1. The first-order valence-electron chi connectivity index (χ1n) is 9.15. The van der Waals surface area contributed by atoms with Crippen LogP contribution in [0.25, 0.3) is 22.6 Å². The Kier molecular flexibility index (Phi) is 5.54. The molecule has 0 radical (unpaired) electrons. The van der Waals surface area contributed by atoms with Crippen molar-refractivity contribution in [3.8, 4) is 34.2 Å². The second-order valence-electron chi connectivity index (χ2n) is 6.33. The summed E-state index contributed by atoms with van der Waals surface area (Å²) < 4.78 is 16.7. The van der Waals surface area contributed by atoms with Gasteiger partial charge in [0.1, 0.15) is 24.7 Å². The van der Waals surface area contributed by atoms with Gasteiger partial charge in [-0.15, -0.1) is 0 Å². The molecule has 0 aliphatic rings. The van der Waals surface area contributed by atoms with Crippen molar-refractivity contribution in [3.05, 3.63) is 84.4 Å². The van der Waals surface area contributed by atoms with Gasteiger partial charge in [-0.25, -0.2) is 9.97 Å². The number of pyridine rings is 1. The number of rotatable bonds is 7. The minimum Gasteiger partial charge on any atom is -0.489 e. The Morgan fingerprint density at radius 1 is 0.931 bits per heavy atom. The normalized spacial score (nSPS) is 10.7. The minimum absolute atomic E-state index is 0.246. The van der Waals surface area contributed by atoms with E-state index in [2.05, 4.69) is 9.97 Å². The molecule has 0 unspecified atom stereocenters. The number of hydrogen-bond donors (Lipinski definition) is 1. The lowest BCUT2D eigenvalue weighted by atomic mass is 10.1. The van der Waals surface area contributed by atoms with Gasteiger partial charge >= 0.3 is 0 Å². The molecule has 0 aliphatic heterocycles. The van der Waals surface area contributed by atoms with Crippen LogP contribution in [0.15, 0.2) is 77.3 Å². The van der Waals surface area contributed by atoms with Crippen molar-refractivity contribution in [1.82, 2.24) is 9.97 Å². The first-order chi connectivity index (χ1) is 14.3. The quantitative estimate of drug-likeness (QED) is 0.503. The molecule has 0 saturated heterocycles. The van der Waals surface area contributed by atoms with Gasteiger partial charge in [-0.3, -0.25) is 0 Å². The van der Waals surface area contributed by atoms with Crippen molar-refractivity contribution in [2.75, 3.05) is 7.11 Å². The first kappa shape index (κ1) is 18.7. The zero-order valence-corrected chi connectivity index (χ0v) is 15.9. The molecule has 6 heteroatoms. The van der Waals surface area contributed by atoms with Crippen LogP contribution < -0.4 is 9.47 Å². The van der Waals surface area contributed by atoms with Crippen molar-refractivity contribution >= 4 is 0 Å². The van der Waals surface area contributed by atoms with Crippen LogP contribution in [0.2, 0.25) is 0 Å². The molecule has 0 saturated carbocycles. The molecule has 146 valence electrons. The van der Waals surface area contributed by atoms with Crippen molar-refractivity contribution in [2.24, 2.45) is 0 Å². The molecule has 29 heavy (non-hydrogen) atoms. The number of ether oxygens (including phenoxy) is 2. The van der Waals surface area contributed by atoms with Crippen LogP contribution in [0, 0.1) is 0 Å². The van der Waals surface area contributed by atoms with Crippen LogP contribution in [0.5, 0.6) is 11.6 Å². The van der Waals surface area contributed by atoms with Gasteiger partial charge < -0.3 is 19.0 Å². The van der Waals surface area contributed by atoms with Crippen LogP contribution in [0.4, 0.5) is 0 Å². The molecule has 0 amide bonds. The number of aliphatic hydroxyl groups is 1. The summed E-state index contributed by atoms with van der Waals surface area (Å²) in [6, 6.07) is 21.2. The zero-order valence-electron chi connectivity index (χ0n) is 15.9. The molecule has 0 atom stereocenters. The van der Waals surface area contributed by atoms with E-state index < -0.39 is 0 Å². The predicted octanol–water partition coefficient (Wildman–Crippen LogP) is 4.48. The molecule has 1 N–H and O–H groups in total. The molecule has 4 rings (SSSR count). The van der Waals surface area contributed by atoms with Gasteiger partial charge in [-0.05, 0) is 35.9 Å². The highest BCUT2D eigenvalue weighted by molar-refractivity contribution is 5.76. The number of oxazole rings is 1. The molecule has 4 aromatic rings. The molecule has 0 spiro atoms. The van der Waals surface area contributed by atoms with Gasteiger partial charge in [-0.2, -0.15) is 0 Å². The van der Waals surface area contributed by atoms with E-state index in [1.807, 2.05) is 60.7 Å². The molecular formula is C23H20N2O4. The number of aliphatic hydroxyl groups excluding tert-OH is 1. The maximum atomic E-state index is 9.46. The monoisotopic (exact) mass is 388 g/mol. The van der Waals surface area contributed by atoms with Crippen molar-refractivity contribution in [1.29, 1.82) is 0 Å². The maximum absolute atomic E-state index is 9.46. The van der Waals surface area contributed by atoms with Gasteiger partial charge in [0.25, 0.3) is 0 Å². The lowest BCUT2D eigenvalue weighted by Gasteiger charge is -2.07. The highest BCUT2D eigenvalue weighted by atomic mass is 16.5. The smallest absolute Gasteiger partial charge is 0.221 e. The SMILES string of the molecule is COc1ccc(-c2nc(CO)oc2-c2ccc(OCc3ccccc3)cc2)cn1. The van der Waals surface area contributed by atoms with Gasteiger partial charge in [0.15, 0.2) is 5.76 Å². The minimum atomic E-state index is -0.283. The average Bonchev–Trinajstić information content (AvgIpc) is 3.23. The third kappa shape index (κ3) is 4.28. The van der Waals surface area contributed by atoms with E-state index in [9.17, 15) is 5.11 Å². The molecule has 0 fully saturated rings. The Morgan fingerprint density at radius 3 is 2.34 bits per heavy atom. The van der Waals surface area contributed by atoms with E-state index >= 15 is 0 Å². The fourth-order valence-electron chi connectivity index (χ4n) is 2.91. The number of nitrogens with zero attached hydrogens (tertiary/aromatic N) is 2. The summed E-state index contributed by atoms with van der Waals surface area (Å²) in [7, 11) is 1.56. The fraction of sp³-hybridized carbons (Fsp3) is 0.130. The lowest BCUT2D eigenvalue weighted by molar-refractivity contribution is 0.241. The summed E-state index contributed by atoms with van der Waals surface area (Å²) >= 11 is 0. The maximum Gasteiger partial charge on any atom is 0.221 e. The van der Waals surface area contributed by atoms with Crippen molar-refractivity contribution < 1.29 is 19.0 Å². The Labute approximate surface area is 168 Å². The Hall–Kier alpha value is -3.64. The Bertz CT molecular complexity index is 1060. The molecule has 2 aromatic heterocycles. The second kappa shape index (κ2) is 8.58. The molecule has 6 nitrogen and oxygen atoms in total. The van der Waals surface area contributed by atoms with E-state index in [0.29, 0.717) is 23.9 Å². The molecule has 0 bridgehead atoms. The molecule has 2 heterocycles. The van der Waals surface area contributed by atoms with Crippen molar-refractivity contribution in [3.63, 3.8) is 0 Å². The van der Waals surface area contributed by atoms with Crippen LogP contribution in [-0.2, 0) is 13.2 Å². The van der Waals surface area contributed by atoms with Crippen LogP contribution in [-0.4, -0.2) is 22.2 Å².